The molecule has 2 N–H and O–H groups in total. The molecule has 5 nitrogen and oxygen atoms in total. The molecule has 0 amide bonds. The Morgan fingerprint density at radius 3 is 2.84 bits per heavy atom. The van der Waals surface area contributed by atoms with Crippen LogP contribution in [0, 0.1) is 5.82 Å². The summed E-state index contributed by atoms with van der Waals surface area (Å²) in [6.07, 6.45) is 1.05. The number of rotatable bonds is 2. The molecule has 0 spiro atoms. The van der Waals surface area contributed by atoms with E-state index in [-0.39, 0.29) is 11.7 Å². The summed E-state index contributed by atoms with van der Waals surface area (Å²) >= 11 is 0. The molecule has 0 bridgehead atoms. The lowest BCUT2D eigenvalue weighted by molar-refractivity contribution is -0.0228. The van der Waals surface area contributed by atoms with Crippen LogP contribution in [0.3, 0.4) is 0 Å². The van der Waals surface area contributed by atoms with E-state index in [1.807, 2.05) is 0 Å². The van der Waals surface area contributed by atoms with E-state index in [4.69, 9.17) is 4.52 Å². The highest BCUT2D eigenvalue weighted by Gasteiger charge is 2.37. The molecule has 1 saturated heterocycles. The number of aliphatic hydroxyl groups is 1. The fraction of sp³-hybridized carbons (Fsp3) is 0.385. The Balaban J connectivity index is 1.91. The molecule has 2 heterocycles. The number of nitrogens with zero attached hydrogens (tertiary/aromatic N) is 2. The van der Waals surface area contributed by atoms with Crippen molar-refractivity contribution < 1.29 is 14.0 Å². The Morgan fingerprint density at radius 1 is 1.32 bits per heavy atom. The van der Waals surface area contributed by atoms with Gasteiger partial charge in [0.05, 0.1) is 0 Å². The first-order valence-corrected chi connectivity index (χ1v) is 6.21. The smallest absolute Gasteiger partial charge is 0.259 e. The molecular formula is C13H14FN3O2. The van der Waals surface area contributed by atoms with E-state index < -0.39 is 5.60 Å². The highest BCUT2D eigenvalue weighted by Crippen LogP contribution is 2.30. The molecule has 1 aliphatic heterocycles. The summed E-state index contributed by atoms with van der Waals surface area (Å²) in [5.74, 6) is 0.138. The maximum atomic E-state index is 13.1. The topological polar surface area (TPSA) is 71.2 Å². The molecule has 0 saturated carbocycles. The van der Waals surface area contributed by atoms with Crippen LogP contribution in [0.4, 0.5) is 4.39 Å². The van der Waals surface area contributed by atoms with Gasteiger partial charge in [0.25, 0.3) is 5.89 Å². The van der Waals surface area contributed by atoms with Gasteiger partial charge in [-0.05, 0) is 38.1 Å². The van der Waals surface area contributed by atoms with E-state index in [2.05, 4.69) is 15.5 Å². The molecule has 19 heavy (non-hydrogen) atoms. The predicted molar refractivity (Wildman–Crippen MR) is 65.7 cm³/mol. The number of hydrogen-bond donors (Lipinski definition) is 2. The van der Waals surface area contributed by atoms with Crippen molar-refractivity contribution in [1.82, 2.24) is 15.5 Å². The summed E-state index contributed by atoms with van der Waals surface area (Å²) in [7, 11) is 0. The highest BCUT2D eigenvalue weighted by molar-refractivity contribution is 5.53. The van der Waals surface area contributed by atoms with Gasteiger partial charge in [-0.2, -0.15) is 4.98 Å². The molecule has 2 aromatic rings. The summed E-state index contributed by atoms with van der Waals surface area (Å²) in [5, 5.41) is 17.4. The van der Waals surface area contributed by atoms with E-state index in [9.17, 15) is 9.50 Å². The normalized spacial score (nSPS) is 18.4. The predicted octanol–water partition coefficient (Wildman–Crippen LogP) is 1.45. The molecule has 1 aliphatic rings. The van der Waals surface area contributed by atoms with Gasteiger partial charge in [-0.3, -0.25) is 0 Å². The lowest BCUT2D eigenvalue weighted by Crippen LogP contribution is -2.39. The maximum Gasteiger partial charge on any atom is 0.259 e. The Bertz CT molecular complexity index is 579. The SMILES string of the molecule is OC1(c2nc(-c3cccc(F)c3)no2)CCNCC1. The van der Waals surface area contributed by atoms with Crippen molar-refractivity contribution >= 4 is 0 Å². The molecular weight excluding hydrogens is 249 g/mol. The van der Waals surface area contributed by atoms with Gasteiger partial charge in [0.1, 0.15) is 11.4 Å². The number of halogens is 1. The summed E-state index contributed by atoms with van der Waals surface area (Å²) in [4.78, 5) is 4.19. The monoisotopic (exact) mass is 263 g/mol. The van der Waals surface area contributed by atoms with Crippen molar-refractivity contribution in [2.45, 2.75) is 18.4 Å². The standard InChI is InChI=1S/C13H14FN3O2/c14-10-3-1-2-9(8-10)11-16-12(19-17-11)13(18)4-6-15-7-5-13/h1-3,8,15,18H,4-7H2. The zero-order valence-electron chi connectivity index (χ0n) is 10.3. The van der Waals surface area contributed by atoms with Crippen molar-refractivity contribution in [3.63, 3.8) is 0 Å². The molecule has 0 aliphatic carbocycles. The zero-order valence-corrected chi connectivity index (χ0v) is 10.3. The second kappa shape index (κ2) is 4.71. The maximum absolute atomic E-state index is 13.1. The first kappa shape index (κ1) is 12.3. The first-order valence-electron chi connectivity index (χ1n) is 6.21. The van der Waals surface area contributed by atoms with Crippen molar-refractivity contribution in [2.24, 2.45) is 0 Å². The fourth-order valence-corrected chi connectivity index (χ4v) is 2.21. The summed E-state index contributed by atoms with van der Waals surface area (Å²) < 4.78 is 18.3. The number of aromatic nitrogens is 2. The van der Waals surface area contributed by atoms with Crippen molar-refractivity contribution in [2.75, 3.05) is 13.1 Å². The third kappa shape index (κ3) is 2.36. The van der Waals surface area contributed by atoms with E-state index in [1.54, 1.807) is 12.1 Å². The molecule has 0 radical (unpaired) electrons. The average molecular weight is 263 g/mol. The lowest BCUT2D eigenvalue weighted by atomic mass is 9.92. The Kier molecular flexibility index (Phi) is 3.04. The van der Waals surface area contributed by atoms with E-state index in [0.29, 0.717) is 37.3 Å². The lowest BCUT2D eigenvalue weighted by Gasteiger charge is -2.28. The van der Waals surface area contributed by atoms with Crippen LogP contribution < -0.4 is 5.32 Å². The summed E-state index contributed by atoms with van der Waals surface area (Å²) in [5.41, 5.74) is -0.545. The number of nitrogens with one attached hydrogen (secondary N) is 1. The van der Waals surface area contributed by atoms with Crippen LogP contribution >= 0.6 is 0 Å². The third-order valence-corrected chi connectivity index (χ3v) is 3.34. The van der Waals surface area contributed by atoms with E-state index in [1.165, 1.54) is 12.1 Å². The molecule has 6 heteroatoms. The van der Waals surface area contributed by atoms with Crippen LogP contribution in [0.15, 0.2) is 28.8 Å². The van der Waals surface area contributed by atoms with Gasteiger partial charge in [0, 0.05) is 5.56 Å². The summed E-state index contributed by atoms with van der Waals surface area (Å²) in [6, 6.07) is 5.97. The Morgan fingerprint density at radius 2 is 2.11 bits per heavy atom. The van der Waals surface area contributed by atoms with Gasteiger partial charge in [-0.15, -0.1) is 0 Å². The highest BCUT2D eigenvalue weighted by atomic mass is 19.1. The minimum absolute atomic E-state index is 0.202. The molecule has 0 atom stereocenters. The Hall–Kier alpha value is -1.79. The van der Waals surface area contributed by atoms with Crippen LogP contribution in [0.1, 0.15) is 18.7 Å². The van der Waals surface area contributed by atoms with Crippen molar-refractivity contribution in [3.05, 3.63) is 36.0 Å². The van der Waals surface area contributed by atoms with Crippen LogP contribution in [-0.4, -0.2) is 28.3 Å². The number of benzene rings is 1. The average Bonchev–Trinajstić information content (AvgIpc) is 2.90. The minimum Gasteiger partial charge on any atom is -0.380 e. The van der Waals surface area contributed by atoms with Crippen LogP contribution in [0.5, 0.6) is 0 Å². The van der Waals surface area contributed by atoms with Gasteiger partial charge in [0.2, 0.25) is 5.82 Å². The number of piperidine rings is 1. The molecule has 1 aromatic heterocycles. The minimum atomic E-state index is -1.08. The van der Waals surface area contributed by atoms with Gasteiger partial charge in [-0.25, -0.2) is 4.39 Å². The van der Waals surface area contributed by atoms with Crippen molar-refractivity contribution in [1.29, 1.82) is 0 Å². The van der Waals surface area contributed by atoms with Crippen molar-refractivity contribution in [3.8, 4) is 11.4 Å². The largest absolute Gasteiger partial charge is 0.380 e. The molecule has 100 valence electrons. The van der Waals surface area contributed by atoms with Crippen LogP contribution in [0.2, 0.25) is 0 Å². The van der Waals surface area contributed by atoms with Gasteiger partial charge in [0.15, 0.2) is 0 Å². The molecule has 1 aromatic carbocycles. The second-order valence-electron chi connectivity index (χ2n) is 4.72. The first-order chi connectivity index (χ1) is 9.17. The van der Waals surface area contributed by atoms with Gasteiger partial charge >= 0.3 is 0 Å². The molecule has 1 fully saturated rings. The van der Waals surface area contributed by atoms with E-state index in [0.717, 1.165) is 0 Å². The van der Waals surface area contributed by atoms with E-state index >= 15 is 0 Å². The summed E-state index contributed by atoms with van der Waals surface area (Å²) in [6.45, 7) is 1.41. The quantitative estimate of drug-likeness (QED) is 0.858. The molecule has 3 rings (SSSR count). The second-order valence-corrected chi connectivity index (χ2v) is 4.72. The van der Waals surface area contributed by atoms with Crippen LogP contribution in [-0.2, 0) is 5.60 Å². The molecule has 0 unspecified atom stereocenters. The van der Waals surface area contributed by atoms with Gasteiger partial charge in [-0.1, -0.05) is 17.3 Å². The fourth-order valence-electron chi connectivity index (χ4n) is 2.21. The van der Waals surface area contributed by atoms with Gasteiger partial charge < -0.3 is 14.9 Å². The third-order valence-electron chi connectivity index (χ3n) is 3.34. The Labute approximate surface area is 109 Å². The zero-order chi connectivity index (χ0) is 13.3. The van der Waals surface area contributed by atoms with Crippen LogP contribution in [0.25, 0.3) is 11.4 Å². The number of hydrogen-bond acceptors (Lipinski definition) is 5.